The summed E-state index contributed by atoms with van der Waals surface area (Å²) < 4.78 is 35.4. The van der Waals surface area contributed by atoms with Gasteiger partial charge in [-0.15, -0.1) is 0 Å². The molecule has 0 aromatic rings. The Balaban J connectivity index is 4.28. The standard InChI is InChI=1S/C5H6F3NO4/c6-5(7,8)3(9(12)13)1-2-4(10)11/h3H,1-2H2,(H,10,11). The Kier molecular flexibility index (Phi) is 3.64. The van der Waals surface area contributed by atoms with Gasteiger partial charge in [-0.1, -0.05) is 0 Å². The van der Waals surface area contributed by atoms with E-state index in [-0.39, 0.29) is 0 Å². The summed E-state index contributed by atoms with van der Waals surface area (Å²) >= 11 is 0. The van der Waals surface area contributed by atoms with E-state index in [0.29, 0.717) is 0 Å². The number of carbonyl (C=O) groups is 1. The predicted molar refractivity (Wildman–Crippen MR) is 33.7 cm³/mol. The summed E-state index contributed by atoms with van der Waals surface area (Å²) in [5.41, 5.74) is 0. The van der Waals surface area contributed by atoms with E-state index in [2.05, 4.69) is 0 Å². The van der Waals surface area contributed by atoms with E-state index in [0.717, 1.165) is 0 Å². The van der Waals surface area contributed by atoms with Gasteiger partial charge >= 0.3 is 18.2 Å². The largest absolute Gasteiger partial charge is 0.481 e. The number of alkyl halides is 3. The molecule has 0 aliphatic rings. The van der Waals surface area contributed by atoms with E-state index >= 15 is 0 Å². The van der Waals surface area contributed by atoms with Crippen LogP contribution < -0.4 is 0 Å². The molecule has 0 rings (SSSR count). The third-order valence-corrected chi connectivity index (χ3v) is 1.26. The van der Waals surface area contributed by atoms with Crippen LogP contribution in [0.25, 0.3) is 0 Å². The molecule has 0 amide bonds. The van der Waals surface area contributed by atoms with E-state index in [1.165, 1.54) is 0 Å². The fraction of sp³-hybridized carbons (Fsp3) is 0.800. The average molecular weight is 201 g/mol. The van der Waals surface area contributed by atoms with Crippen molar-refractivity contribution in [1.82, 2.24) is 0 Å². The zero-order valence-electron chi connectivity index (χ0n) is 6.24. The molecular formula is C5H6F3NO4. The fourth-order valence-corrected chi connectivity index (χ4v) is 0.649. The Morgan fingerprint density at radius 3 is 2.23 bits per heavy atom. The van der Waals surface area contributed by atoms with Gasteiger partial charge < -0.3 is 5.11 Å². The normalized spacial score (nSPS) is 13.8. The second-order valence-electron chi connectivity index (χ2n) is 2.28. The quantitative estimate of drug-likeness (QED) is 0.544. The highest BCUT2D eigenvalue weighted by Crippen LogP contribution is 2.25. The van der Waals surface area contributed by atoms with Crippen LogP contribution >= 0.6 is 0 Å². The number of rotatable bonds is 4. The molecule has 0 radical (unpaired) electrons. The van der Waals surface area contributed by atoms with Crippen LogP contribution in [0.1, 0.15) is 12.8 Å². The van der Waals surface area contributed by atoms with Crippen LogP contribution in [-0.2, 0) is 4.79 Å². The molecule has 0 aromatic heterocycles. The highest BCUT2D eigenvalue weighted by atomic mass is 19.4. The van der Waals surface area contributed by atoms with Crippen molar-refractivity contribution in [2.75, 3.05) is 0 Å². The van der Waals surface area contributed by atoms with Crippen LogP contribution in [0, 0.1) is 10.1 Å². The molecule has 0 aromatic carbocycles. The third-order valence-electron chi connectivity index (χ3n) is 1.26. The molecule has 0 fully saturated rings. The van der Waals surface area contributed by atoms with Gasteiger partial charge in [0.15, 0.2) is 0 Å². The second kappa shape index (κ2) is 4.06. The fourth-order valence-electron chi connectivity index (χ4n) is 0.649. The van der Waals surface area contributed by atoms with E-state index in [1.54, 1.807) is 0 Å². The topological polar surface area (TPSA) is 80.4 Å². The van der Waals surface area contributed by atoms with Crippen molar-refractivity contribution in [3.8, 4) is 0 Å². The van der Waals surface area contributed by atoms with Gasteiger partial charge in [-0.25, -0.2) is 0 Å². The minimum absolute atomic E-state index is 0.870. The van der Waals surface area contributed by atoms with Gasteiger partial charge in [-0.2, -0.15) is 13.2 Å². The molecule has 0 saturated carbocycles. The number of carboxylic acid groups (broad SMARTS) is 1. The number of aliphatic carboxylic acids is 1. The van der Waals surface area contributed by atoms with Gasteiger partial charge in [0.1, 0.15) is 0 Å². The lowest BCUT2D eigenvalue weighted by Gasteiger charge is -2.10. The molecule has 5 nitrogen and oxygen atoms in total. The van der Waals surface area contributed by atoms with Crippen molar-refractivity contribution in [1.29, 1.82) is 0 Å². The van der Waals surface area contributed by atoms with Gasteiger partial charge in [0.2, 0.25) is 0 Å². The molecule has 0 aliphatic carbocycles. The Hall–Kier alpha value is -1.34. The third kappa shape index (κ3) is 4.28. The van der Waals surface area contributed by atoms with Gasteiger partial charge in [0.05, 0.1) is 6.42 Å². The van der Waals surface area contributed by atoms with Crippen molar-refractivity contribution < 1.29 is 28.0 Å². The monoisotopic (exact) mass is 201 g/mol. The van der Waals surface area contributed by atoms with E-state index < -0.39 is 36.0 Å². The molecule has 0 aliphatic heterocycles. The van der Waals surface area contributed by atoms with Crippen LogP contribution in [0.15, 0.2) is 0 Å². The predicted octanol–water partition coefficient (Wildman–Crippen LogP) is 1.06. The van der Waals surface area contributed by atoms with Crippen LogP contribution in [0.5, 0.6) is 0 Å². The summed E-state index contributed by atoms with van der Waals surface area (Å²) in [7, 11) is 0. The molecule has 8 heteroatoms. The summed E-state index contributed by atoms with van der Waals surface area (Å²) in [5.74, 6) is -1.49. The molecule has 1 N–H and O–H groups in total. The molecular weight excluding hydrogens is 195 g/mol. The number of hydrogen-bond donors (Lipinski definition) is 1. The Bertz CT molecular complexity index is 214. The van der Waals surface area contributed by atoms with Crippen molar-refractivity contribution in [2.24, 2.45) is 0 Å². The van der Waals surface area contributed by atoms with Crippen LogP contribution in [0.2, 0.25) is 0 Å². The van der Waals surface area contributed by atoms with E-state index in [4.69, 9.17) is 5.11 Å². The zero-order valence-corrected chi connectivity index (χ0v) is 6.24. The van der Waals surface area contributed by atoms with Gasteiger partial charge in [0, 0.05) is 11.3 Å². The second-order valence-corrected chi connectivity index (χ2v) is 2.28. The number of hydrogen-bond acceptors (Lipinski definition) is 3. The molecule has 0 bridgehead atoms. The van der Waals surface area contributed by atoms with Crippen LogP contribution in [0.3, 0.4) is 0 Å². The Morgan fingerprint density at radius 2 is 2.00 bits per heavy atom. The highest BCUT2D eigenvalue weighted by Gasteiger charge is 2.49. The van der Waals surface area contributed by atoms with E-state index in [9.17, 15) is 28.1 Å². The summed E-state index contributed by atoms with van der Waals surface area (Å²) in [6, 6.07) is -2.79. The first-order valence-electron chi connectivity index (χ1n) is 3.17. The van der Waals surface area contributed by atoms with Crippen molar-refractivity contribution in [3.05, 3.63) is 10.1 Å². The number of carboxylic acids is 1. The molecule has 76 valence electrons. The Morgan fingerprint density at radius 1 is 1.54 bits per heavy atom. The summed E-state index contributed by atoms with van der Waals surface area (Å²) in [4.78, 5) is 18.2. The summed E-state index contributed by atoms with van der Waals surface area (Å²) in [6.45, 7) is 0. The maximum Gasteiger partial charge on any atom is 0.457 e. The first kappa shape index (κ1) is 11.7. The molecule has 0 heterocycles. The highest BCUT2D eigenvalue weighted by molar-refractivity contribution is 5.66. The molecule has 1 atom stereocenters. The van der Waals surface area contributed by atoms with Gasteiger partial charge in [-0.3, -0.25) is 14.9 Å². The van der Waals surface area contributed by atoms with Crippen LogP contribution in [0.4, 0.5) is 13.2 Å². The van der Waals surface area contributed by atoms with Crippen molar-refractivity contribution in [3.63, 3.8) is 0 Å². The van der Waals surface area contributed by atoms with Crippen LogP contribution in [-0.4, -0.2) is 28.2 Å². The Labute approximate surface area is 70.3 Å². The summed E-state index contributed by atoms with van der Waals surface area (Å²) in [6.07, 6.45) is -6.89. The summed E-state index contributed by atoms with van der Waals surface area (Å²) in [5, 5.41) is 17.9. The zero-order chi connectivity index (χ0) is 10.6. The average Bonchev–Trinajstić information content (AvgIpc) is 1.81. The van der Waals surface area contributed by atoms with Gasteiger partial charge in [0.25, 0.3) is 0 Å². The number of nitro groups is 1. The number of nitrogens with zero attached hydrogens (tertiary/aromatic N) is 1. The van der Waals surface area contributed by atoms with Gasteiger partial charge in [-0.05, 0) is 0 Å². The SMILES string of the molecule is O=C(O)CCC([N+](=O)[O-])C(F)(F)F. The minimum Gasteiger partial charge on any atom is -0.481 e. The lowest BCUT2D eigenvalue weighted by molar-refractivity contribution is -0.563. The number of halogens is 3. The van der Waals surface area contributed by atoms with Crippen molar-refractivity contribution >= 4 is 5.97 Å². The molecule has 0 spiro atoms. The smallest absolute Gasteiger partial charge is 0.457 e. The van der Waals surface area contributed by atoms with Crippen molar-refractivity contribution in [2.45, 2.75) is 25.1 Å². The lowest BCUT2D eigenvalue weighted by atomic mass is 10.1. The lowest BCUT2D eigenvalue weighted by Crippen LogP contribution is -2.36. The first-order chi connectivity index (χ1) is 5.75. The maximum atomic E-state index is 11.8. The minimum atomic E-state index is -4.99. The molecule has 1 unspecified atom stereocenters. The molecule has 0 saturated heterocycles. The molecule has 13 heavy (non-hydrogen) atoms. The maximum absolute atomic E-state index is 11.8. The van der Waals surface area contributed by atoms with E-state index in [1.807, 2.05) is 0 Å². The first-order valence-corrected chi connectivity index (χ1v) is 3.17.